The Bertz CT molecular complexity index is 388. The zero-order valence-corrected chi connectivity index (χ0v) is 8.65. The summed E-state index contributed by atoms with van der Waals surface area (Å²) in [7, 11) is 0. The summed E-state index contributed by atoms with van der Waals surface area (Å²) in [6.45, 7) is 1.41. The van der Waals surface area contributed by atoms with Gasteiger partial charge in [0.1, 0.15) is 6.04 Å². The fourth-order valence-electron chi connectivity index (χ4n) is 1.43. The summed E-state index contributed by atoms with van der Waals surface area (Å²) in [4.78, 5) is 45.6. The topological polar surface area (TPSA) is 95.6 Å². The number of nitrogens with zero attached hydrogens (tertiary/aromatic N) is 1. The number of rotatable bonds is 3. The molecule has 0 bridgehead atoms. The normalized spacial score (nSPS) is 22.1. The lowest BCUT2D eigenvalue weighted by Gasteiger charge is -2.19. The molecule has 0 aromatic carbocycles. The molecule has 1 unspecified atom stereocenters. The summed E-state index contributed by atoms with van der Waals surface area (Å²) >= 11 is 0. The maximum Gasteiger partial charge on any atom is 0.332 e. The maximum absolute atomic E-state index is 11.6. The summed E-state index contributed by atoms with van der Waals surface area (Å²) in [6.07, 6.45) is 1.83. The SMILES string of the molecule is CC(C(=O)NC1CC1)N1C(=O)NC(=O)C1=O. The van der Waals surface area contributed by atoms with Gasteiger partial charge in [-0.15, -0.1) is 0 Å². The Morgan fingerprint density at radius 3 is 2.50 bits per heavy atom. The van der Waals surface area contributed by atoms with Crippen LogP contribution >= 0.6 is 0 Å². The van der Waals surface area contributed by atoms with Crippen molar-refractivity contribution in [3.05, 3.63) is 0 Å². The van der Waals surface area contributed by atoms with E-state index in [1.165, 1.54) is 6.92 Å². The second-order valence-electron chi connectivity index (χ2n) is 3.89. The smallest absolute Gasteiger partial charge is 0.332 e. The standard InChI is InChI=1S/C9H11N3O4/c1-4(6(13)10-5-2-3-5)12-8(15)7(14)11-9(12)16/h4-5H,2-3H2,1H3,(H,10,13)(H,11,14,16). The first kappa shape index (κ1) is 10.6. The van der Waals surface area contributed by atoms with Crippen LogP contribution in [0.2, 0.25) is 0 Å². The van der Waals surface area contributed by atoms with Gasteiger partial charge in [0.2, 0.25) is 5.91 Å². The summed E-state index contributed by atoms with van der Waals surface area (Å²) in [5.41, 5.74) is 0. The molecule has 5 amide bonds. The molecule has 2 aliphatic rings. The lowest BCUT2D eigenvalue weighted by Crippen LogP contribution is -2.48. The van der Waals surface area contributed by atoms with Gasteiger partial charge < -0.3 is 5.32 Å². The molecule has 0 radical (unpaired) electrons. The van der Waals surface area contributed by atoms with Gasteiger partial charge >= 0.3 is 17.8 Å². The fraction of sp³-hybridized carbons (Fsp3) is 0.556. The maximum atomic E-state index is 11.6. The minimum atomic E-state index is -0.990. The van der Waals surface area contributed by atoms with Crippen molar-refractivity contribution >= 4 is 23.8 Å². The van der Waals surface area contributed by atoms with Crippen LogP contribution in [0.1, 0.15) is 19.8 Å². The van der Waals surface area contributed by atoms with Gasteiger partial charge in [0, 0.05) is 6.04 Å². The van der Waals surface area contributed by atoms with Crippen LogP contribution in [-0.4, -0.2) is 40.7 Å². The number of hydrogen-bond acceptors (Lipinski definition) is 4. The van der Waals surface area contributed by atoms with Crippen molar-refractivity contribution in [1.29, 1.82) is 0 Å². The largest absolute Gasteiger partial charge is 0.352 e. The van der Waals surface area contributed by atoms with Crippen molar-refractivity contribution in [2.75, 3.05) is 0 Å². The van der Waals surface area contributed by atoms with Crippen LogP contribution in [0.5, 0.6) is 0 Å². The lowest BCUT2D eigenvalue weighted by molar-refractivity contribution is -0.142. The first-order valence-electron chi connectivity index (χ1n) is 4.99. The molecule has 1 aliphatic heterocycles. The molecule has 1 aliphatic carbocycles. The number of amides is 5. The van der Waals surface area contributed by atoms with E-state index in [0.29, 0.717) is 4.90 Å². The second-order valence-corrected chi connectivity index (χ2v) is 3.89. The van der Waals surface area contributed by atoms with Gasteiger partial charge in [-0.05, 0) is 19.8 Å². The Kier molecular flexibility index (Phi) is 2.37. The summed E-state index contributed by atoms with van der Waals surface area (Å²) in [6, 6.07) is -1.65. The van der Waals surface area contributed by atoms with Crippen LogP contribution in [0.15, 0.2) is 0 Å². The Balaban J connectivity index is 2.05. The Labute approximate surface area is 91.2 Å². The van der Waals surface area contributed by atoms with Crippen LogP contribution in [0.3, 0.4) is 0 Å². The summed E-state index contributed by atoms with van der Waals surface area (Å²) < 4.78 is 0. The van der Waals surface area contributed by atoms with Crippen LogP contribution < -0.4 is 10.6 Å². The van der Waals surface area contributed by atoms with Crippen molar-refractivity contribution in [2.45, 2.75) is 31.8 Å². The molecule has 0 aromatic rings. The fourth-order valence-corrected chi connectivity index (χ4v) is 1.43. The summed E-state index contributed by atoms with van der Waals surface area (Å²) in [5.74, 6) is -2.39. The Hall–Kier alpha value is -1.92. The minimum absolute atomic E-state index is 0.145. The number of carbonyl (C=O) groups is 4. The zero-order chi connectivity index (χ0) is 11.9. The molecule has 7 heteroatoms. The van der Waals surface area contributed by atoms with Crippen molar-refractivity contribution < 1.29 is 19.2 Å². The molecule has 2 N–H and O–H groups in total. The summed E-state index contributed by atoms with van der Waals surface area (Å²) in [5, 5.41) is 4.50. The molecule has 7 nitrogen and oxygen atoms in total. The van der Waals surface area contributed by atoms with E-state index in [-0.39, 0.29) is 6.04 Å². The van der Waals surface area contributed by atoms with Gasteiger partial charge in [0.05, 0.1) is 0 Å². The molecule has 0 aromatic heterocycles. The number of hydrogen-bond donors (Lipinski definition) is 2. The van der Waals surface area contributed by atoms with Crippen molar-refractivity contribution in [2.24, 2.45) is 0 Å². The van der Waals surface area contributed by atoms with Gasteiger partial charge in [-0.2, -0.15) is 0 Å². The molecule has 1 saturated heterocycles. The van der Waals surface area contributed by atoms with Gasteiger partial charge in [-0.3, -0.25) is 19.7 Å². The third-order valence-corrected chi connectivity index (χ3v) is 2.54. The van der Waals surface area contributed by atoms with Gasteiger partial charge in [0.15, 0.2) is 0 Å². The quantitative estimate of drug-likeness (QED) is 0.462. The van der Waals surface area contributed by atoms with E-state index < -0.39 is 29.8 Å². The number of urea groups is 1. The van der Waals surface area contributed by atoms with Crippen molar-refractivity contribution in [3.8, 4) is 0 Å². The first-order valence-corrected chi connectivity index (χ1v) is 4.99. The van der Waals surface area contributed by atoms with Crippen LogP contribution in [0.25, 0.3) is 0 Å². The first-order chi connectivity index (χ1) is 7.50. The highest BCUT2D eigenvalue weighted by molar-refractivity contribution is 6.45. The second kappa shape index (κ2) is 3.58. The molecule has 0 spiro atoms. The van der Waals surface area contributed by atoms with Gasteiger partial charge in [-0.1, -0.05) is 0 Å². The minimum Gasteiger partial charge on any atom is -0.352 e. The molecule has 16 heavy (non-hydrogen) atoms. The average Bonchev–Trinajstić information content (AvgIpc) is 2.96. The van der Waals surface area contributed by atoms with Crippen LogP contribution in [0, 0.1) is 0 Å². The van der Waals surface area contributed by atoms with E-state index in [0.717, 1.165) is 12.8 Å². The van der Waals surface area contributed by atoms with E-state index >= 15 is 0 Å². The van der Waals surface area contributed by atoms with E-state index in [9.17, 15) is 19.2 Å². The third-order valence-electron chi connectivity index (χ3n) is 2.54. The third kappa shape index (κ3) is 1.75. The van der Waals surface area contributed by atoms with Gasteiger partial charge in [-0.25, -0.2) is 9.69 Å². The zero-order valence-electron chi connectivity index (χ0n) is 8.65. The molecule has 86 valence electrons. The van der Waals surface area contributed by atoms with Crippen molar-refractivity contribution in [3.63, 3.8) is 0 Å². The van der Waals surface area contributed by atoms with E-state index in [1.54, 1.807) is 0 Å². The molecular weight excluding hydrogens is 214 g/mol. The van der Waals surface area contributed by atoms with Gasteiger partial charge in [0.25, 0.3) is 0 Å². The molecule has 1 heterocycles. The van der Waals surface area contributed by atoms with E-state index in [4.69, 9.17) is 0 Å². The highest BCUT2D eigenvalue weighted by Crippen LogP contribution is 2.19. The highest BCUT2D eigenvalue weighted by atomic mass is 16.2. The molecule has 1 saturated carbocycles. The predicted molar refractivity (Wildman–Crippen MR) is 51.0 cm³/mol. The number of imide groups is 2. The Morgan fingerprint density at radius 1 is 1.44 bits per heavy atom. The molecule has 2 fully saturated rings. The van der Waals surface area contributed by atoms with E-state index in [2.05, 4.69) is 5.32 Å². The molecule has 1 atom stereocenters. The van der Waals surface area contributed by atoms with Crippen molar-refractivity contribution in [1.82, 2.24) is 15.5 Å². The Morgan fingerprint density at radius 2 is 2.06 bits per heavy atom. The van der Waals surface area contributed by atoms with E-state index in [1.807, 2.05) is 5.32 Å². The van der Waals surface area contributed by atoms with Crippen LogP contribution in [-0.2, 0) is 14.4 Å². The molecular formula is C9H11N3O4. The van der Waals surface area contributed by atoms with Crippen LogP contribution in [0.4, 0.5) is 4.79 Å². The number of nitrogens with one attached hydrogen (secondary N) is 2. The lowest BCUT2D eigenvalue weighted by atomic mass is 10.2. The average molecular weight is 225 g/mol. The number of carbonyl (C=O) groups excluding carboxylic acids is 4. The highest BCUT2D eigenvalue weighted by Gasteiger charge is 2.42. The monoisotopic (exact) mass is 225 g/mol. The molecule has 2 rings (SSSR count). The predicted octanol–water partition coefficient (Wildman–Crippen LogP) is -1.27.